The van der Waals surface area contributed by atoms with E-state index >= 15 is 0 Å². The molecule has 0 radical (unpaired) electrons. The Hall–Kier alpha value is -2.19. The number of sulfonamides is 1. The van der Waals surface area contributed by atoms with Crippen LogP contribution in [0.15, 0.2) is 35.2 Å². The van der Waals surface area contributed by atoms with E-state index in [2.05, 4.69) is 10.0 Å². The first kappa shape index (κ1) is 27.8. The molecule has 202 valence electrons. The van der Waals surface area contributed by atoms with Gasteiger partial charge in [0.15, 0.2) is 27.3 Å². The molecule has 14 heteroatoms. The number of hydrogen-bond acceptors (Lipinski definition) is 6. The molecule has 2 bridgehead atoms. The molecule has 3 fully saturated rings. The quantitative estimate of drug-likeness (QED) is 0.432. The van der Waals surface area contributed by atoms with E-state index in [1.165, 1.54) is 12.1 Å². The Balaban J connectivity index is 1.56. The number of benzene rings is 2. The van der Waals surface area contributed by atoms with Gasteiger partial charge in [0.05, 0.1) is 27.0 Å². The van der Waals surface area contributed by atoms with Gasteiger partial charge in [-0.2, -0.15) is 0 Å². The van der Waals surface area contributed by atoms with Crippen LogP contribution in [0.25, 0.3) is 0 Å². The molecule has 2 atom stereocenters. The fourth-order valence-electron chi connectivity index (χ4n) is 5.48. The molecule has 8 nitrogen and oxygen atoms in total. The maximum Gasteiger partial charge on any atom is 0.255 e. The maximum atomic E-state index is 13.5. The Kier molecular flexibility index (Phi) is 7.17. The normalized spacial score (nSPS) is 27.4. The largest absolute Gasteiger partial charge is 0.388 e. The van der Waals surface area contributed by atoms with E-state index in [4.69, 9.17) is 11.6 Å². The van der Waals surface area contributed by atoms with Gasteiger partial charge in [-0.15, -0.1) is 0 Å². The number of hydrogen-bond donors (Lipinski definition) is 3. The SMILES string of the molecule is CC1C2CC(S(=O)(=O)c3cc(C(=O)Nc4cc(F)c(F)c(F)c4)ccc3Cl)CC1C2(O)CNS(C)(=O)=O. The standard InChI is InChI=1S/C23H24ClF3N2O6S2/c1-11-15-8-14(9-16(11)23(15,31)10-28-36(2,32)33)37(34,35)20-5-12(3-4-17(20)24)22(30)29-13-6-18(25)21(27)19(26)7-13/h3-7,11,14-16,28,31H,8-10H2,1-2H3,(H,29,30). The van der Waals surface area contributed by atoms with E-state index in [1.807, 2.05) is 6.92 Å². The molecule has 5 rings (SSSR count). The molecule has 2 unspecified atom stereocenters. The predicted molar refractivity (Wildman–Crippen MR) is 130 cm³/mol. The number of fused-ring (bicyclic) bond motifs is 2. The summed E-state index contributed by atoms with van der Waals surface area (Å²) in [4.78, 5) is 12.3. The summed E-state index contributed by atoms with van der Waals surface area (Å²) in [5.74, 6) is -6.60. The van der Waals surface area contributed by atoms with Gasteiger partial charge in [0.2, 0.25) is 10.0 Å². The number of aliphatic hydroxyl groups is 1. The van der Waals surface area contributed by atoms with Gasteiger partial charge in [-0.3, -0.25) is 4.79 Å². The Morgan fingerprint density at radius 3 is 2.19 bits per heavy atom. The van der Waals surface area contributed by atoms with Crippen molar-refractivity contribution in [2.45, 2.75) is 35.5 Å². The van der Waals surface area contributed by atoms with Crippen LogP contribution in [0.2, 0.25) is 5.02 Å². The zero-order valence-electron chi connectivity index (χ0n) is 19.6. The van der Waals surface area contributed by atoms with Crippen molar-refractivity contribution in [1.82, 2.24) is 4.72 Å². The minimum Gasteiger partial charge on any atom is -0.388 e. The third-order valence-corrected chi connectivity index (χ3v) is 10.7. The Morgan fingerprint density at radius 2 is 1.65 bits per heavy atom. The molecule has 3 saturated carbocycles. The molecule has 2 aromatic carbocycles. The van der Waals surface area contributed by atoms with Crippen molar-refractivity contribution in [3.8, 4) is 0 Å². The molecular formula is C23H24ClF3N2O6S2. The Labute approximate surface area is 217 Å². The molecule has 37 heavy (non-hydrogen) atoms. The third kappa shape index (κ3) is 5.11. The first-order valence-corrected chi connectivity index (χ1v) is 15.0. The first-order valence-electron chi connectivity index (χ1n) is 11.2. The minimum atomic E-state index is -4.09. The minimum absolute atomic E-state index is 0.0260. The van der Waals surface area contributed by atoms with Gasteiger partial charge in [0.25, 0.3) is 5.91 Å². The lowest BCUT2D eigenvalue weighted by Gasteiger charge is -2.62. The zero-order valence-corrected chi connectivity index (χ0v) is 22.0. The summed E-state index contributed by atoms with van der Waals surface area (Å²) in [6.07, 6.45) is 1.08. The van der Waals surface area contributed by atoms with Crippen LogP contribution in [-0.2, 0) is 19.9 Å². The van der Waals surface area contributed by atoms with E-state index in [0.29, 0.717) is 12.1 Å². The highest BCUT2D eigenvalue weighted by Crippen LogP contribution is 2.59. The fraction of sp³-hybridized carbons (Fsp3) is 0.435. The number of rotatable bonds is 7. The van der Waals surface area contributed by atoms with E-state index in [1.54, 1.807) is 0 Å². The summed E-state index contributed by atoms with van der Waals surface area (Å²) in [5, 5.41) is 12.2. The van der Waals surface area contributed by atoms with Crippen molar-refractivity contribution < 1.29 is 39.9 Å². The zero-order chi connectivity index (χ0) is 27.5. The predicted octanol–water partition coefficient (Wildman–Crippen LogP) is 3.11. The smallest absolute Gasteiger partial charge is 0.255 e. The summed E-state index contributed by atoms with van der Waals surface area (Å²) < 4.78 is 92.5. The van der Waals surface area contributed by atoms with Gasteiger partial charge in [-0.05, 0) is 48.8 Å². The molecule has 0 saturated heterocycles. The number of nitrogens with one attached hydrogen (secondary N) is 2. The van der Waals surface area contributed by atoms with Crippen LogP contribution in [0.5, 0.6) is 0 Å². The molecule has 3 aliphatic rings. The summed E-state index contributed by atoms with van der Waals surface area (Å²) in [6, 6.07) is 4.64. The van der Waals surface area contributed by atoms with Crippen LogP contribution in [0, 0.1) is 35.2 Å². The van der Waals surface area contributed by atoms with Crippen LogP contribution >= 0.6 is 11.6 Å². The lowest BCUT2D eigenvalue weighted by molar-refractivity contribution is -0.211. The monoisotopic (exact) mass is 580 g/mol. The summed E-state index contributed by atoms with van der Waals surface area (Å²) in [7, 11) is -7.65. The molecule has 0 heterocycles. The second-order valence-electron chi connectivity index (χ2n) is 9.65. The van der Waals surface area contributed by atoms with Gasteiger partial charge in [0, 0.05) is 29.9 Å². The summed E-state index contributed by atoms with van der Waals surface area (Å²) in [6.45, 7) is 1.64. The number of carbonyl (C=O) groups is 1. The molecule has 3 N–H and O–H groups in total. The van der Waals surface area contributed by atoms with Crippen LogP contribution in [0.3, 0.4) is 0 Å². The van der Waals surface area contributed by atoms with Crippen molar-refractivity contribution in [2.24, 2.45) is 17.8 Å². The molecule has 3 aliphatic carbocycles. The first-order chi connectivity index (χ1) is 17.0. The van der Waals surface area contributed by atoms with Crippen molar-refractivity contribution >= 4 is 43.1 Å². The van der Waals surface area contributed by atoms with Crippen LogP contribution in [-0.4, -0.2) is 51.5 Å². The molecule has 0 aliphatic heterocycles. The summed E-state index contributed by atoms with van der Waals surface area (Å²) in [5.41, 5.74) is -1.92. The average molecular weight is 581 g/mol. The Bertz CT molecular complexity index is 1450. The Morgan fingerprint density at radius 1 is 1.08 bits per heavy atom. The van der Waals surface area contributed by atoms with E-state index in [9.17, 15) is 39.9 Å². The lowest BCUT2D eigenvalue weighted by Crippen LogP contribution is -2.70. The highest BCUT2D eigenvalue weighted by molar-refractivity contribution is 7.92. The van der Waals surface area contributed by atoms with Gasteiger partial charge < -0.3 is 10.4 Å². The number of carbonyl (C=O) groups excluding carboxylic acids is 1. The topological polar surface area (TPSA) is 130 Å². The highest BCUT2D eigenvalue weighted by Gasteiger charge is 2.64. The van der Waals surface area contributed by atoms with Gasteiger partial charge >= 0.3 is 0 Å². The van der Waals surface area contributed by atoms with Gasteiger partial charge in [0.1, 0.15) is 0 Å². The molecule has 2 aromatic rings. The average Bonchev–Trinajstić information content (AvgIpc) is 2.81. The number of sulfone groups is 1. The van der Waals surface area contributed by atoms with Crippen LogP contribution in [0.1, 0.15) is 30.1 Å². The number of anilines is 1. The van der Waals surface area contributed by atoms with E-state index in [0.717, 1.165) is 12.3 Å². The van der Waals surface area contributed by atoms with Crippen LogP contribution in [0.4, 0.5) is 18.9 Å². The van der Waals surface area contributed by atoms with E-state index < -0.39 is 65.9 Å². The van der Waals surface area contributed by atoms with Gasteiger partial charge in [-0.25, -0.2) is 34.7 Å². The second-order valence-corrected chi connectivity index (χ2v) is 14.1. The van der Waals surface area contributed by atoms with Crippen molar-refractivity contribution in [3.63, 3.8) is 0 Å². The fourth-order valence-corrected chi connectivity index (χ4v) is 8.33. The second kappa shape index (κ2) is 9.53. The third-order valence-electron chi connectivity index (χ3n) is 7.39. The number of halogens is 4. The molecule has 0 aromatic heterocycles. The van der Waals surface area contributed by atoms with Crippen molar-refractivity contribution in [2.75, 3.05) is 18.1 Å². The summed E-state index contributed by atoms with van der Waals surface area (Å²) >= 11 is 6.18. The lowest BCUT2D eigenvalue weighted by atomic mass is 9.48. The molecule has 0 spiro atoms. The number of amides is 1. The maximum absolute atomic E-state index is 13.5. The molecule has 1 amide bonds. The van der Waals surface area contributed by atoms with Crippen LogP contribution < -0.4 is 10.0 Å². The highest BCUT2D eigenvalue weighted by atomic mass is 35.5. The van der Waals surface area contributed by atoms with Gasteiger partial charge in [-0.1, -0.05) is 18.5 Å². The van der Waals surface area contributed by atoms with E-state index in [-0.39, 0.29) is 46.5 Å². The molecular weight excluding hydrogens is 557 g/mol. The van der Waals surface area contributed by atoms with Crippen molar-refractivity contribution in [3.05, 3.63) is 58.4 Å². The van der Waals surface area contributed by atoms with Crippen molar-refractivity contribution in [1.29, 1.82) is 0 Å².